The van der Waals surface area contributed by atoms with Crippen LogP contribution < -0.4 is 4.90 Å². The van der Waals surface area contributed by atoms with Crippen molar-refractivity contribution < 1.29 is 29.0 Å². The van der Waals surface area contributed by atoms with Gasteiger partial charge in [0.1, 0.15) is 17.6 Å². The summed E-state index contributed by atoms with van der Waals surface area (Å²) in [5.41, 5.74) is -1.65. The predicted molar refractivity (Wildman–Crippen MR) is 158 cm³/mol. The highest BCUT2D eigenvalue weighted by molar-refractivity contribution is 6.34. The molecule has 1 N–H and O–H groups in total. The Labute approximate surface area is 248 Å². The Balaban J connectivity index is 1.79. The quantitative estimate of drug-likeness (QED) is 0.189. The van der Waals surface area contributed by atoms with Crippen molar-refractivity contribution in [1.29, 1.82) is 0 Å². The zero-order valence-electron chi connectivity index (χ0n) is 24.4. The van der Waals surface area contributed by atoms with E-state index in [0.29, 0.717) is 36.4 Å². The van der Waals surface area contributed by atoms with Crippen LogP contribution in [-0.2, 0) is 23.9 Å². The molecule has 1 aromatic rings. The third kappa shape index (κ3) is 5.23. The second kappa shape index (κ2) is 12.7. The maximum Gasteiger partial charge on any atom is 0.312 e. The number of carbonyl (C=O) groups excluding carboxylic acids is 3. The number of carbonyl (C=O) groups is 3. The molecule has 2 amide bonds. The lowest BCUT2D eigenvalue weighted by molar-refractivity contribution is -0.162. The summed E-state index contributed by atoms with van der Waals surface area (Å²) in [5.74, 6) is -3.08. The summed E-state index contributed by atoms with van der Waals surface area (Å²) in [6.45, 7) is 13.4. The minimum absolute atomic E-state index is 0.155. The van der Waals surface area contributed by atoms with E-state index < -0.39 is 41.1 Å². The molecule has 2 unspecified atom stereocenters. The lowest BCUT2D eigenvalue weighted by Crippen LogP contribution is -2.60. The number of anilines is 1. The first kappa shape index (κ1) is 31.3. The summed E-state index contributed by atoms with van der Waals surface area (Å²) >= 11 is 6.54. The Morgan fingerprint density at radius 1 is 1.24 bits per heavy atom. The van der Waals surface area contributed by atoms with Gasteiger partial charge in [-0.25, -0.2) is 0 Å². The molecule has 1 spiro atoms. The molecule has 224 valence electrons. The van der Waals surface area contributed by atoms with Crippen molar-refractivity contribution in [3.8, 4) is 0 Å². The van der Waals surface area contributed by atoms with Crippen molar-refractivity contribution in [3.63, 3.8) is 0 Å². The van der Waals surface area contributed by atoms with Gasteiger partial charge in [0.25, 0.3) is 5.91 Å². The van der Waals surface area contributed by atoms with E-state index in [2.05, 4.69) is 13.2 Å². The highest BCUT2D eigenvalue weighted by atomic mass is 35.5. The number of benzene rings is 1. The SMILES string of the molecule is C=CCCCCOC(=O)[C@H]1[C@H]2C(=O)N([C@@H](CO)C(C)C)C(C(=O)N(CC=C)c3ccccc3Cl)C23CC[C@]1(CC)O3. The number of para-hydroxylation sites is 1. The molecule has 9 heteroatoms. The summed E-state index contributed by atoms with van der Waals surface area (Å²) in [5, 5.41) is 10.9. The van der Waals surface area contributed by atoms with Crippen molar-refractivity contribution >= 4 is 35.1 Å². The van der Waals surface area contributed by atoms with Gasteiger partial charge >= 0.3 is 5.97 Å². The molecule has 41 heavy (non-hydrogen) atoms. The number of halogens is 1. The summed E-state index contributed by atoms with van der Waals surface area (Å²) in [7, 11) is 0. The zero-order valence-corrected chi connectivity index (χ0v) is 25.1. The number of amides is 2. The fourth-order valence-corrected chi connectivity index (χ4v) is 7.42. The highest BCUT2D eigenvalue weighted by Crippen LogP contribution is 2.65. The number of unbranched alkanes of at least 4 members (excludes halogenated alkanes) is 2. The second-order valence-electron chi connectivity index (χ2n) is 11.7. The molecule has 3 aliphatic rings. The van der Waals surface area contributed by atoms with Gasteiger partial charge in [-0.15, -0.1) is 13.2 Å². The molecule has 1 aromatic carbocycles. The second-order valence-corrected chi connectivity index (χ2v) is 12.1. The van der Waals surface area contributed by atoms with Gasteiger partial charge in [-0.2, -0.15) is 0 Å². The molecule has 0 radical (unpaired) electrons. The number of rotatable bonds is 14. The van der Waals surface area contributed by atoms with Crippen molar-refractivity contribution in [2.45, 2.75) is 82.6 Å². The Hall–Kier alpha value is -2.68. The minimum Gasteiger partial charge on any atom is -0.465 e. The van der Waals surface area contributed by atoms with E-state index in [-0.39, 0.29) is 37.5 Å². The summed E-state index contributed by atoms with van der Waals surface area (Å²) in [4.78, 5) is 45.9. The van der Waals surface area contributed by atoms with E-state index >= 15 is 0 Å². The number of esters is 1. The predicted octanol–water partition coefficient (Wildman–Crippen LogP) is 4.93. The number of hydrogen-bond acceptors (Lipinski definition) is 6. The van der Waals surface area contributed by atoms with Crippen LogP contribution >= 0.6 is 11.6 Å². The first-order chi connectivity index (χ1) is 19.6. The van der Waals surface area contributed by atoms with E-state index in [1.54, 1.807) is 30.3 Å². The third-order valence-electron chi connectivity index (χ3n) is 9.19. The molecule has 2 bridgehead atoms. The molecular formula is C32H43ClN2O6. The number of fused-ring (bicyclic) bond motifs is 1. The Kier molecular flexibility index (Phi) is 9.66. The van der Waals surface area contributed by atoms with Gasteiger partial charge in [0, 0.05) is 6.54 Å². The molecule has 0 aromatic heterocycles. The summed E-state index contributed by atoms with van der Waals surface area (Å²) in [6.07, 6.45) is 7.27. The van der Waals surface area contributed by atoms with Crippen molar-refractivity contribution in [3.05, 3.63) is 54.6 Å². The van der Waals surface area contributed by atoms with E-state index in [1.165, 1.54) is 9.80 Å². The van der Waals surface area contributed by atoms with Crippen molar-refractivity contribution in [1.82, 2.24) is 4.90 Å². The lowest BCUT2D eigenvalue weighted by Gasteiger charge is -2.40. The molecular weight excluding hydrogens is 544 g/mol. The van der Waals surface area contributed by atoms with E-state index in [1.807, 2.05) is 26.8 Å². The van der Waals surface area contributed by atoms with Gasteiger partial charge < -0.3 is 24.4 Å². The molecule has 0 saturated carbocycles. The van der Waals surface area contributed by atoms with Crippen LogP contribution in [0.1, 0.15) is 59.3 Å². The van der Waals surface area contributed by atoms with Gasteiger partial charge in [0.2, 0.25) is 5.91 Å². The van der Waals surface area contributed by atoms with Crippen LogP contribution in [0.25, 0.3) is 0 Å². The van der Waals surface area contributed by atoms with Crippen LogP contribution in [0.5, 0.6) is 0 Å². The fraction of sp³-hybridized carbons (Fsp3) is 0.594. The maximum atomic E-state index is 14.7. The van der Waals surface area contributed by atoms with E-state index in [4.69, 9.17) is 21.1 Å². The Bertz CT molecular complexity index is 1170. The smallest absolute Gasteiger partial charge is 0.312 e. The average molecular weight is 587 g/mol. The number of likely N-dealkylation sites (tertiary alicyclic amines) is 1. The van der Waals surface area contributed by atoms with Gasteiger partial charge in [-0.05, 0) is 56.6 Å². The zero-order chi connectivity index (χ0) is 29.9. The molecule has 8 nitrogen and oxygen atoms in total. The van der Waals surface area contributed by atoms with Crippen LogP contribution in [0.4, 0.5) is 5.69 Å². The first-order valence-corrected chi connectivity index (χ1v) is 15.1. The molecule has 3 fully saturated rings. The number of aliphatic hydroxyl groups is 1. The minimum atomic E-state index is -1.24. The largest absolute Gasteiger partial charge is 0.465 e. The van der Waals surface area contributed by atoms with E-state index in [9.17, 15) is 19.5 Å². The molecule has 0 aliphatic carbocycles. The monoisotopic (exact) mass is 586 g/mol. The van der Waals surface area contributed by atoms with Crippen molar-refractivity contribution in [2.24, 2.45) is 17.8 Å². The van der Waals surface area contributed by atoms with Crippen molar-refractivity contribution in [2.75, 3.05) is 24.7 Å². The van der Waals surface area contributed by atoms with Crippen LogP contribution in [0, 0.1) is 17.8 Å². The lowest BCUT2D eigenvalue weighted by atomic mass is 9.65. The fourth-order valence-electron chi connectivity index (χ4n) is 7.18. The van der Waals surface area contributed by atoms with Crippen LogP contribution in [0.15, 0.2) is 49.6 Å². The topological polar surface area (TPSA) is 96.4 Å². The number of hydrogen-bond donors (Lipinski definition) is 1. The normalized spacial score (nSPS) is 29.0. The van der Waals surface area contributed by atoms with Crippen LogP contribution in [0.2, 0.25) is 5.02 Å². The standard InChI is InChI=1S/C32H43ClN2O6/c1-6-9-10-13-19-40-30(39)26-25-28(37)35(24(20-36)21(4)5)27(32(25)17-16-31(26,8-3)41-32)29(38)34(18-7-2)23-15-12-11-14-22(23)33/h6-7,11-12,14-15,21,24-27,36H,1-2,8-10,13,16-20H2,3-5H3/t24-,25-,26+,27?,31-,32?/m0/s1. The molecule has 3 aliphatic heterocycles. The number of aliphatic hydroxyl groups excluding tert-OH is 1. The van der Waals surface area contributed by atoms with Gasteiger partial charge in [0.15, 0.2) is 0 Å². The average Bonchev–Trinajstić information content (AvgIpc) is 3.56. The third-order valence-corrected chi connectivity index (χ3v) is 9.51. The first-order valence-electron chi connectivity index (χ1n) is 14.7. The molecule has 4 rings (SSSR count). The molecule has 6 atom stereocenters. The summed E-state index contributed by atoms with van der Waals surface area (Å²) < 4.78 is 12.6. The van der Waals surface area contributed by atoms with E-state index in [0.717, 1.165) is 12.8 Å². The number of allylic oxidation sites excluding steroid dienone is 1. The maximum absolute atomic E-state index is 14.7. The number of nitrogens with zero attached hydrogens (tertiary/aromatic N) is 2. The van der Waals surface area contributed by atoms with Crippen LogP contribution in [-0.4, -0.2) is 70.8 Å². The Morgan fingerprint density at radius 3 is 2.59 bits per heavy atom. The summed E-state index contributed by atoms with van der Waals surface area (Å²) in [6, 6.07) is 5.31. The van der Waals surface area contributed by atoms with Gasteiger partial charge in [-0.3, -0.25) is 14.4 Å². The van der Waals surface area contributed by atoms with Crippen LogP contribution in [0.3, 0.4) is 0 Å². The van der Waals surface area contributed by atoms with Gasteiger partial charge in [-0.1, -0.05) is 56.7 Å². The molecule has 3 saturated heterocycles. The molecule has 3 heterocycles. The highest BCUT2D eigenvalue weighted by Gasteiger charge is 2.79. The Morgan fingerprint density at radius 2 is 1.98 bits per heavy atom. The van der Waals surface area contributed by atoms with Gasteiger partial charge in [0.05, 0.1) is 41.5 Å². The number of ether oxygens (including phenoxy) is 2.